The van der Waals surface area contributed by atoms with Gasteiger partial charge in [-0.05, 0) is 32.9 Å². The molecule has 1 aromatic carbocycles. The highest BCUT2D eigenvalue weighted by Gasteiger charge is 2.30. The highest BCUT2D eigenvalue weighted by atomic mass is 35.5. The van der Waals surface area contributed by atoms with Crippen molar-refractivity contribution in [1.29, 1.82) is 0 Å². The van der Waals surface area contributed by atoms with Crippen LogP contribution in [0, 0.1) is 12.7 Å². The number of pyridine rings is 1. The first-order chi connectivity index (χ1) is 15.3. The fraction of sp³-hybridized carbons (Fsp3) is 0.304. The Labute approximate surface area is 196 Å². The van der Waals surface area contributed by atoms with Crippen LogP contribution in [0.2, 0.25) is 0 Å². The first kappa shape index (κ1) is 22.9. The van der Waals surface area contributed by atoms with E-state index in [0.29, 0.717) is 41.4 Å². The van der Waals surface area contributed by atoms with Crippen LogP contribution in [0.4, 0.5) is 15.9 Å². The number of benzene rings is 1. The molecule has 5 rings (SSSR count). The lowest BCUT2D eigenvalue weighted by Gasteiger charge is -2.41. The first-order valence-electron chi connectivity index (χ1n) is 10.5. The molecule has 0 unspecified atom stereocenters. The van der Waals surface area contributed by atoms with Crippen LogP contribution < -0.4 is 15.5 Å². The van der Waals surface area contributed by atoms with E-state index in [1.54, 1.807) is 35.0 Å². The van der Waals surface area contributed by atoms with E-state index in [4.69, 9.17) is 0 Å². The summed E-state index contributed by atoms with van der Waals surface area (Å²) in [6.07, 6.45) is 3.38. The Bertz CT molecular complexity index is 1350. The monoisotopic (exact) mass is 469 g/mol. The lowest BCUT2D eigenvalue weighted by Crippen LogP contribution is -2.57. The smallest absolute Gasteiger partial charge is 0.258 e. The molecule has 1 aliphatic rings. The molecular formula is C23H25ClFN7O. The highest BCUT2D eigenvalue weighted by Crippen LogP contribution is 2.32. The maximum atomic E-state index is 15.0. The van der Waals surface area contributed by atoms with Crippen LogP contribution in [0.15, 0.2) is 42.7 Å². The van der Waals surface area contributed by atoms with E-state index in [2.05, 4.69) is 44.6 Å². The van der Waals surface area contributed by atoms with Gasteiger partial charge in [-0.2, -0.15) is 5.10 Å². The van der Waals surface area contributed by atoms with Crippen molar-refractivity contribution in [2.75, 3.05) is 29.9 Å². The van der Waals surface area contributed by atoms with Crippen LogP contribution in [0.1, 0.15) is 29.9 Å². The number of amides is 1. The van der Waals surface area contributed by atoms with Crippen LogP contribution in [0.5, 0.6) is 0 Å². The van der Waals surface area contributed by atoms with E-state index in [0.717, 1.165) is 11.9 Å². The number of anilines is 2. The molecule has 4 heterocycles. The molecule has 0 atom stereocenters. The average molecular weight is 470 g/mol. The number of imidazole rings is 1. The number of fused-ring (bicyclic) bond motifs is 2. The van der Waals surface area contributed by atoms with E-state index in [1.807, 2.05) is 13.0 Å². The summed E-state index contributed by atoms with van der Waals surface area (Å²) in [5.74, 6) is -0.164. The number of carbonyl (C=O) groups is 1. The molecule has 0 spiro atoms. The Morgan fingerprint density at radius 2 is 2.09 bits per heavy atom. The summed E-state index contributed by atoms with van der Waals surface area (Å²) in [5.41, 5.74) is 2.06. The van der Waals surface area contributed by atoms with Crippen molar-refractivity contribution < 1.29 is 9.18 Å². The maximum absolute atomic E-state index is 15.0. The molecule has 172 valence electrons. The van der Waals surface area contributed by atoms with Crippen LogP contribution >= 0.6 is 12.4 Å². The molecule has 2 N–H and O–H groups in total. The molecule has 0 aliphatic carbocycles. The summed E-state index contributed by atoms with van der Waals surface area (Å²) >= 11 is 0. The van der Waals surface area contributed by atoms with Gasteiger partial charge in [0.05, 0.1) is 23.1 Å². The van der Waals surface area contributed by atoms with Crippen LogP contribution in [-0.2, 0) is 0 Å². The number of nitrogens with one attached hydrogen (secondary N) is 2. The largest absolute Gasteiger partial charge is 0.353 e. The molecule has 33 heavy (non-hydrogen) atoms. The SMILES string of the molecule is Cc1cn2c(N3CCNC(C)(C)C3)c(NC(=O)c3cccc4ccnnc34)cc(F)c2n1.Cl. The molecule has 4 aromatic rings. The van der Waals surface area contributed by atoms with Gasteiger partial charge in [-0.25, -0.2) is 9.37 Å². The number of rotatable bonds is 3. The minimum atomic E-state index is -0.496. The van der Waals surface area contributed by atoms with Gasteiger partial charge >= 0.3 is 0 Å². The summed E-state index contributed by atoms with van der Waals surface area (Å²) in [6, 6.07) is 8.50. The van der Waals surface area contributed by atoms with E-state index >= 15 is 0 Å². The number of aromatic nitrogens is 4. The average Bonchev–Trinajstić information content (AvgIpc) is 3.14. The van der Waals surface area contributed by atoms with E-state index in [-0.39, 0.29) is 29.5 Å². The minimum absolute atomic E-state index is 0. The summed E-state index contributed by atoms with van der Waals surface area (Å²) in [5, 5.41) is 15.3. The zero-order chi connectivity index (χ0) is 22.5. The normalized spacial score (nSPS) is 15.5. The fourth-order valence-electron chi connectivity index (χ4n) is 4.34. The van der Waals surface area contributed by atoms with Gasteiger partial charge in [0.1, 0.15) is 11.3 Å². The van der Waals surface area contributed by atoms with Gasteiger partial charge in [-0.15, -0.1) is 17.5 Å². The zero-order valence-corrected chi connectivity index (χ0v) is 19.4. The quantitative estimate of drug-likeness (QED) is 0.477. The third-order valence-corrected chi connectivity index (χ3v) is 5.69. The zero-order valence-electron chi connectivity index (χ0n) is 18.6. The predicted octanol–water partition coefficient (Wildman–Crippen LogP) is 3.59. The second-order valence-electron chi connectivity index (χ2n) is 8.77. The minimum Gasteiger partial charge on any atom is -0.353 e. The van der Waals surface area contributed by atoms with Gasteiger partial charge in [0.15, 0.2) is 11.5 Å². The number of aryl methyl sites for hydroxylation is 1. The fourth-order valence-corrected chi connectivity index (χ4v) is 4.34. The second-order valence-corrected chi connectivity index (χ2v) is 8.77. The molecule has 3 aromatic heterocycles. The number of nitrogens with zero attached hydrogens (tertiary/aromatic N) is 5. The molecule has 0 bridgehead atoms. The molecule has 0 radical (unpaired) electrons. The van der Waals surface area contributed by atoms with Crippen molar-refractivity contribution in [3.63, 3.8) is 0 Å². The van der Waals surface area contributed by atoms with E-state index < -0.39 is 5.82 Å². The Kier molecular flexibility index (Phi) is 5.94. The molecule has 1 aliphatic heterocycles. The summed E-state index contributed by atoms with van der Waals surface area (Å²) in [7, 11) is 0. The van der Waals surface area contributed by atoms with Gasteiger partial charge in [-0.1, -0.05) is 12.1 Å². The van der Waals surface area contributed by atoms with Crippen LogP contribution in [0.3, 0.4) is 0 Å². The predicted molar refractivity (Wildman–Crippen MR) is 129 cm³/mol. The molecule has 1 saturated heterocycles. The molecular weight excluding hydrogens is 445 g/mol. The molecule has 8 nitrogen and oxygen atoms in total. The lowest BCUT2D eigenvalue weighted by molar-refractivity contribution is 0.102. The van der Waals surface area contributed by atoms with Gasteiger partial charge in [0.2, 0.25) is 0 Å². The van der Waals surface area contributed by atoms with Crippen molar-refractivity contribution in [3.05, 3.63) is 59.8 Å². The maximum Gasteiger partial charge on any atom is 0.258 e. The third kappa shape index (κ3) is 4.21. The van der Waals surface area contributed by atoms with Crippen molar-refractivity contribution in [3.8, 4) is 0 Å². The standard InChI is InChI=1S/C23H24FN7O.ClH/c1-14-12-31-20(27-14)17(24)11-18(22(31)30-10-9-25-23(2,3)13-30)28-21(32)16-6-4-5-15-7-8-26-29-19(15)16;/h4-8,11-12,25H,9-10,13H2,1-3H3,(H,28,32);1H. The topological polar surface area (TPSA) is 87.5 Å². The summed E-state index contributed by atoms with van der Waals surface area (Å²) in [6.45, 7) is 8.23. The number of halogens is 2. The molecule has 1 fully saturated rings. The Morgan fingerprint density at radius 1 is 1.27 bits per heavy atom. The number of hydrogen-bond donors (Lipinski definition) is 2. The Balaban J connectivity index is 0.00000259. The van der Waals surface area contributed by atoms with Crippen molar-refractivity contribution in [2.45, 2.75) is 26.3 Å². The summed E-state index contributed by atoms with van der Waals surface area (Å²) < 4.78 is 16.7. The number of piperazine rings is 1. The Morgan fingerprint density at radius 3 is 2.88 bits per heavy atom. The van der Waals surface area contributed by atoms with Crippen molar-refractivity contribution >= 4 is 46.4 Å². The molecule has 10 heteroatoms. The third-order valence-electron chi connectivity index (χ3n) is 5.69. The number of carbonyl (C=O) groups excluding carboxylic acids is 1. The summed E-state index contributed by atoms with van der Waals surface area (Å²) in [4.78, 5) is 19.8. The van der Waals surface area contributed by atoms with Gasteiger partial charge in [0, 0.05) is 42.8 Å². The van der Waals surface area contributed by atoms with Crippen LogP contribution in [-0.4, -0.2) is 50.7 Å². The molecule has 1 amide bonds. The van der Waals surface area contributed by atoms with Gasteiger partial charge in [-0.3, -0.25) is 9.20 Å². The van der Waals surface area contributed by atoms with Crippen LogP contribution in [0.25, 0.3) is 16.6 Å². The van der Waals surface area contributed by atoms with Gasteiger partial charge in [0.25, 0.3) is 5.91 Å². The van der Waals surface area contributed by atoms with Gasteiger partial charge < -0.3 is 15.5 Å². The number of hydrogen-bond acceptors (Lipinski definition) is 6. The highest BCUT2D eigenvalue weighted by molar-refractivity contribution is 6.12. The Hall–Kier alpha value is -3.30. The first-order valence-corrected chi connectivity index (χ1v) is 10.5. The van der Waals surface area contributed by atoms with Crippen molar-refractivity contribution in [1.82, 2.24) is 24.9 Å². The lowest BCUT2D eigenvalue weighted by atomic mass is 10.0. The van der Waals surface area contributed by atoms with Crippen molar-refractivity contribution in [2.24, 2.45) is 0 Å². The van der Waals surface area contributed by atoms with E-state index in [1.165, 1.54) is 6.07 Å². The van der Waals surface area contributed by atoms with E-state index in [9.17, 15) is 9.18 Å². The second kappa shape index (κ2) is 8.57. The molecule has 0 saturated carbocycles.